The van der Waals surface area contributed by atoms with E-state index in [1.54, 1.807) is 30.6 Å². The summed E-state index contributed by atoms with van der Waals surface area (Å²) in [6.45, 7) is 5.31. The SMILES string of the molecule is Cl.Fc1ccc2ccnc(Cl)c2c1.O=C(NCC1CN(c2nccc3ccc(F)cc23)CCO1)OCc1ccccc1.O=C(NCC1CNCCO1)OCc1ccccc1. The van der Waals surface area contributed by atoms with Crippen LogP contribution in [0, 0.1) is 11.6 Å². The van der Waals surface area contributed by atoms with Crippen molar-refractivity contribution >= 4 is 63.6 Å². The average Bonchev–Trinajstić information content (AvgIpc) is 3.28. The van der Waals surface area contributed by atoms with Crippen molar-refractivity contribution in [2.24, 2.45) is 0 Å². The molecule has 0 spiro atoms. The highest BCUT2D eigenvalue weighted by molar-refractivity contribution is 6.34. The van der Waals surface area contributed by atoms with Crippen LogP contribution in [0.1, 0.15) is 11.1 Å². The Morgan fingerprint density at radius 2 is 1.28 bits per heavy atom. The number of ether oxygens (including phenoxy) is 4. The molecule has 0 saturated carbocycles. The number of hydrogen-bond donors (Lipinski definition) is 3. The van der Waals surface area contributed by atoms with Gasteiger partial charge in [-0.1, -0.05) is 84.4 Å². The minimum atomic E-state index is -0.486. The molecule has 12 nitrogen and oxygen atoms in total. The zero-order valence-corrected chi connectivity index (χ0v) is 34.2. The summed E-state index contributed by atoms with van der Waals surface area (Å²) in [6.07, 6.45) is 2.25. The summed E-state index contributed by atoms with van der Waals surface area (Å²) in [6, 6.07) is 31.9. The molecule has 0 radical (unpaired) electrons. The minimum Gasteiger partial charge on any atom is -0.445 e. The molecule has 4 heterocycles. The van der Waals surface area contributed by atoms with E-state index in [4.69, 9.17) is 30.5 Å². The Morgan fingerprint density at radius 3 is 1.88 bits per heavy atom. The minimum absolute atomic E-state index is 0. The van der Waals surface area contributed by atoms with E-state index in [-0.39, 0.29) is 49.5 Å². The van der Waals surface area contributed by atoms with Gasteiger partial charge in [0.05, 0.1) is 25.4 Å². The van der Waals surface area contributed by atoms with Gasteiger partial charge in [-0.2, -0.15) is 0 Å². The molecule has 0 aliphatic carbocycles. The van der Waals surface area contributed by atoms with Crippen LogP contribution in [0.25, 0.3) is 21.5 Å². The van der Waals surface area contributed by atoms with Crippen molar-refractivity contribution in [1.82, 2.24) is 25.9 Å². The molecule has 2 aromatic heterocycles. The molecule has 2 amide bonds. The number of fused-ring (bicyclic) bond motifs is 2. The highest BCUT2D eigenvalue weighted by Gasteiger charge is 2.24. The van der Waals surface area contributed by atoms with Crippen LogP contribution in [-0.4, -0.2) is 86.8 Å². The lowest BCUT2D eigenvalue weighted by Gasteiger charge is -2.34. The number of pyridine rings is 2. The lowest BCUT2D eigenvalue weighted by molar-refractivity contribution is 0.0281. The number of aromatic nitrogens is 2. The fourth-order valence-corrected chi connectivity index (χ4v) is 6.43. The average molecular weight is 864 g/mol. The third-order valence-corrected chi connectivity index (χ3v) is 9.50. The Morgan fingerprint density at radius 1 is 0.733 bits per heavy atom. The second kappa shape index (κ2) is 23.8. The second-order valence-electron chi connectivity index (χ2n) is 13.5. The lowest BCUT2D eigenvalue weighted by atomic mass is 10.1. The Balaban J connectivity index is 0.000000187. The number of alkyl carbamates (subject to hydrolysis) is 2. The number of rotatable bonds is 9. The summed E-state index contributed by atoms with van der Waals surface area (Å²) in [4.78, 5) is 33.8. The Hall–Kier alpha value is -5.64. The Labute approximate surface area is 357 Å². The summed E-state index contributed by atoms with van der Waals surface area (Å²) in [5.74, 6) is 0.138. The number of nitrogens with one attached hydrogen (secondary N) is 3. The molecule has 2 aliphatic heterocycles. The van der Waals surface area contributed by atoms with Gasteiger partial charge in [0.25, 0.3) is 0 Å². The van der Waals surface area contributed by atoms with Gasteiger partial charge in [0.2, 0.25) is 0 Å². The molecule has 3 N–H and O–H groups in total. The van der Waals surface area contributed by atoms with Crippen LogP contribution in [0.3, 0.4) is 0 Å². The van der Waals surface area contributed by atoms with Gasteiger partial charge in [-0.05, 0) is 58.3 Å². The fourth-order valence-electron chi connectivity index (χ4n) is 6.21. The van der Waals surface area contributed by atoms with Crippen molar-refractivity contribution in [3.63, 3.8) is 0 Å². The van der Waals surface area contributed by atoms with Gasteiger partial charge in [0.15, 0.2) is 0 Å². The number of hydrogen-bond acceptors (Lipinski definition) is 10. The smallest absolute Gasteiger partial charge is 0.407 e. The number of carbonyl (C=O) groups is 2. The summed E-state index contributed by atoms with van der Waals surface area (Å²) < 4.78 is 48.0. The quantitative estimate of drug-likeness (QED) is 0.123. The standard InChI is InChI=1S/C22H22FN3O3.C13H18N2O3.C9H5ClFN.ClH/c23-18-7-6-17-8-9-24-21(20(17)12-18)26-10-11-28-19(14-26)13-25-22(27)29-15-16-4-2-1-3-5-16;16-13(15-9-12-8-14-6-7-17-12)18-10-11-4-2-1-3-5-11;10-9-8-5-7(11)2-1-6(8)3-4-12-9;/h1-9,12,19H,10-11,13-15H2,(H,25,27);1-5,12,14H,6-10H2,(H,15,16);1-5H;1H. The normalized spacial score (nSPS) is 15.9. The van der Waals surface area contributed by atoms with Crippen molar-refractivity contribution in [2.75, 3.05) is 57.4 Å². The van der Waals surface area contributed by atoms with Gasteiger partial charge in [-0.3, -0.25) is 0 Å². The first-order valence-electron chi connectivity index (χ1n) is 19.1. The predicted molar refractivity (Wildman–Crippen MR) is 229 cm³/mol. The molecular formula is C44H46Cl2F2N6O6. The van der Waals surface area contributed by atoms with Crippen molar-refractivity contribution in [1.29, 1.82) is 0 Å². The molecule has 316 valence electrons. The molecule has 60 heavy (non-hydrogen) atoms. The number of amides is 2. The van der Waals surface area contributed by atoms with E-state index in [1.165, 1.54) is 24.3 Å². The molecule has 2 saturated heterocycles. The lowest BCUT2D eigenvalue weighted by Crippen LogP contribution is -2.48. The van der Waals surface area contributed by atoms with Crippen LogP contribution in [0.5, 0.6) is 0 Å². The van der Waals surface area contributed by atoms with Gasteiger partial charge in [-0.15, -0.1) is 12.4 Å². The van der Waals surface area contributed by atoms with Crippen molar-refractivity contribution in [3.05, 3.63) is 150 Å². The molecule has 2 fully saturated rings. The molecule has 6 aromatic rings. The van der Waals surface area contributed by atoms with Crippen LogP contribution in [0.15, 0.2) is 122 Å². The molecule has 2 atom stereocenters. The maximum Gasteiger partial charge on any atom is 0.407 e. The maximum atomic E-state index is 13.7. The summed E-state index contributed by atoms with van der Waals surface area (Å²) in [5.41, 5.74) is 1.90. The molecule has 8 rings (SSSR count). The summed E-state index contributed by atoms with van der Waals surface area (Å²) in [5, 5.41) is 12.2. The van der Waals surface area contributed by atoms with E-state index in [2.05, 4.69) is 30.8 Å². The Kier molecular flexibility index (Phi) is 18.0. The third-order valence-electron chi connectivity index (χ3n) is 9.20. The van der Waals surface area contributed by atoms with E-state index in [1.807, 2.05) is 66.7 Å². The molecular weight excluding hydrogens is 817 g/mol. The molecule has 0 bridgehead atoms. The van der Waals surface area contributed by atoms with Crippen molar-refractivity contribution in [2.45, 2.75) is 25.4 Å². The van der Waals surface area contributed by atoms with E-state index in [9.17, 15) is 18.4 Å². The highest BCUT2D eigenvalue weighted by Crippen LogP contribution is 2.27. The number of anilines is 1. The number of benzene rings is 4. The Bertz CT molecular complexity index is 2260. The first-order chi connectivity index (χ1) is 28.8. The molecule has 2 aliphatic rings. The van der Waals surface area contributed by atoms with Crippen LogP contribution in [0.2, 0.25) is 5.15 Å². The van der Waals surface area contributed by atoms with Crippen molar-refractivity contribution in [3.8, 4) is 0 Å². The molecule has 2 unspecified atom stereocenters. The molecule has 16 heteroatoms. The monoisotopic (exact) mass is 862 g/mol. The maximum absolute atomic E-state index is 13.7. The van der Waals surface area contributed by atoms with Crippen LogP contribution in [0.4, 0.5) is 24.2 Å². The molecule has 4 aromatic carbocycles. The van der Waals surface area contributed by atoms with Gasteiger partial charge in [0.1, 0.15) is 35.8 Å². The van der Waals surface area contributed by atoms with Crippen LogP contribution < -0.4 is 20.9 Å². The number of nitrogens with zero attached hydrogens (tertiary/aromatic N) is 3. The largest absolute Gasteiger partial charge is 0.445 e. The predicted octanol–water partition coefficient (Wildman–Crippen LogP) is 7.86. The first kappa shape index (κ1) is 45.4. The van der Waals surface area contributed by atoms with E-state index in [0.29, 0.717) is 49.9 Å². The third kappa shape index (κ3) is 14.3. The van der Waals surface area contributed by atoms with Crippen LogP contribution in [-0.2, 0) is 32.2 Å². The van der Waals surface area contributed by atoms with Gasteiger partial charge in [0, 0.05) is 62.4 Å². The van der Waals surface area contributed by atoms with Crippen LogP contribution >= 0.6 is 24.0 Å². The first-order valence-corrected chi connectivity index (χ1v) is 19.5. The summed E-state index contributed by atoms with van der Waals surface area (Å²) >= 11 is 5.75. The van der Waals surface area contributed by atoms with E-state index < -0.39 is 12.2 Å². The van der Waals surface area contributed by atoms with Gasteiger partial charge < -0.3 is 39.8 Å². The van der Waals surface area contributed by atoms with E-state index >= 15 is 0 Å². The fraction of sp³-hybridized carbons (Fsp3) is 0.273. The highest BCUT2D eigenvalue weighted by atomic mass is 35.5. The van der Waals surface area contributed by atoms with Gasteiger partial charge in [-0.25, -0.2) is 28.3 Å². The zero-order valence-electron chi connectivity index (χ0n) is 32.6. The summed E-state index contributed by atoms with van der Waals surface area (Å²) in [7, 11) is 0. The zero-order chi connectivity index (χ0) is 41.2. The van der Waals surface area contributed by atoms with E-state index in [0.717, 1.165) is 46.2 Å². The number of halogens is 4. The second-order valence-corrected chi connectivity index (χ2v) is 13.8. The topological polar surface area (TPSA) is 136 Å². The number of morpholine rings is 2. The van der Waals surface area contributed by atoms with Gasteiger partial charge >= 0.3 is 12.2 Å². The number of carbonyl (C=O) groups excluding carboxylic acids is 2. The van der Waals surface area contributed by atoms with Crippen molar-refractivity contribution < 1.29 is 37.3 Å².